The summed E-state index contributed by atoms with van der Waals surface area (Å²) >= 11 is 5.98. The highest BCUT2D eigenvalue weighted by molar-refractivity contribution is 6.22. The minimum absolute atomic E-state index is 0.0491. The van der Waals surface area contributed by atoms with E-state index in [0.717, 1.165) is 0 Å². The van der Waals surface area contributed by atoms with E-state index in [9.17, 15) is 9.59 Å². The van der Waals surface area contributed by atoms with Crippen LogP contribution >= 0.6 is 11.6 Å². The average Bonchev–Trinajstić information content (AvgIpc) is 2.66. The smallest absolute Gasteiger partial charge is 0.410 e. The Morgan fingerprint density at radius 3 is 2.71 bits per heavy atom. The molecule has 0 saturated carbocycles. The second-order valence-electron chi connectivity index (χ2n) is 6.52. The van der Waals surface area contributed by atoms with Gasteiger partial charge < -0.3 is 19.3 Å². The normalized spacial score (nSPS) is 27.1. The van der Waals surface area contributed by atoms with E-state index in [1.54, 1.807) is 9.80 Å². The maximum absolute atomic E-state index is 12.1. The van der Waals surface area contributed by atoms with E-state index < -0.39 is 5.60 Å². The van der Waals surface area contributed by atoms with E-state index >= 15 is 0 Å². The van der Waals surface area contributed by atoms with Crippen LogP contribution in [0.2, 0.25) is 0 Å². The molecule has 6 nitrogen and oxygen atoms in total. The summed E-state index contributed by atoms with van der Waals surface area (Å²) in [5, 5.41) is -0.122. The Balaban J connectivity index is 1.86. The number of morpholine rings is 1. The second-order valence-corrected chi connectivity index (χ2v) is 7.14. The molecule has 2 aliphatic heterocycles. The van der Waals surface area contributed by atoms with Crippen molar-refractivity contribution in [3.63, 3.8) is 0 Å². The van der Waals surface area contributed by atoms with E-state index in [2.05, 4.69) is 0 Å². The fourth-order valence-electron chi connectivity index (χ4n) is 2.47. The number of nitrogens with zero attached hydrogens (tertiary/aromatic N) is 2. The molecule has 0 aromatic rings. The summed E-state index contributed by atoms with van der Waals surface area (Å²) in [6.45, 7) is 7.94. The lowest BCUT2D eigenvalue weighted by atomic mass is 10.2. The van der Waals surface area contributed by atoms with E-state index in [-0.39, 0.29) is 23.5 Å². The number of alkyl halides is 1. The van der Waals surface area contributed by atoms with Gasteiger partial charge in [0.1, 0.15) is 5.60 Å². The van der Waals surface area contributed by atoms with Crippen molar-refractivity contribution in [1.29, 1.82) is 0 Å². The standard InChI is InChI=1S/C14H23ClN2O4/c1-14(2,3)21-13(19)16-4-5-20-11(8-16)9-17-7-10(15)6-12(17)18/h10-11H,4-9H2,1-3H3/t10?,11-/m0/s1. The Labute approximate surface area is 130 Å². The van der Waals surface area contributed by atoms with Crippen molar-refractivity contribution in [3.05, 3.63) is 0 Å². The zero-order valence-electron chi connectivity index (χ0n) is 12.8. The van der Waals surface area contributed by atoms with Crippen LogP contribution in [0.15, 0.2) is 0 Å². The van der Waals surface area contributed by atoms with Gasteiger partial charge in [-0.2, -0.15) is 0 Å². The predicted molar refractivity (Wildman–Crippen MR) is 78.4 cm³/mol. The van der Waals surface area contributed by atoms with Crippen LogP contribution in [0.4, 0.5) is 4.79 Å². The van der Waals surface area contributed by atoms with Gasteiger partial charge in [0.05, 0.1) is 24.6 Å². The Hall–Kier alpha value is -1.01. The number of amides is 2. The fraction of sp³-hybridized carbons (Fsp3) is 0.857. The molecule has 2 rings (SSSR count). The van der Waals surface area contributed by atoms with E-state index in [0.29, 0.717) is 39.2 Å². The number of carbonyl (C=O) groups excluding carboxylic acids is 2. The number of carbonyl (C=O) groups is 2. The summed E-state index contributed by atoms with van der Waals surface area (Å²) < 4.78 is 11.0. The monoisotopic (exact) mass is 318 g/mol. The van der Waals surface area contributed by atoms with Crippen molar-refractivity contribution < 1.29 is 19.1 Å². The first-order valence-electron chi connectivity index (χ1n) is 7.26. The third-order valence-corrected chi connectivity index (χ3v) is 3.67. The first kappa shape index (κ1) is 16.4. The van der Waals surface area contributed by atoms with Crippen molar-refractivity contribution in [3.8, 4) is 0 Å². The largest absolute Gasteiger partial charge is 0.444 e. The number of rotatable bonds is 2. The molecule has 0 spiro atoms. The van der Waals surface area contributed by atoms with E-state index in [1.807, 2.05) is 20.8 Å². The minimum atomic E-state index is -0.512. The lowest BCUT2D eigenvalue weighted by molar-refractivity contribution is -0.130. The Morgan fingerprint density at radius 1 is 1.43 bits per heavy atom. The number of halogens is 1. The highest BCUT2D eigenvalue weighted by Crippen LogP contribution is 2.19. The van der Waals surface area contributed by atoms with Crippen LogP contribution in [-0.2, 0) is 14.3 Å². The minimum Gasteiger partial charge on any atom is -0.444 e. The van der Waals surface area contributed by atoms with Crippen molar-refractivity contribution >= 4 is 23.6 Å². The first-order valence-corrected chi connectivity index (χ1v) is 7.69. The molecule has 0 radical (unpaired) electrons. The molecule has 0 aliphatic carbocycles. The zero-order chi connectivity index (χ0) is 15.6. The van der Waals surface area contributed by atoms with Gasteiger partial charge in [0.15, 0.2) is 0 Å². The lowest BCUT2D eigenvalue weighted by Gasteiger charge is -2.35. The molecule has 0 N–H and O–H groups in total. The number of ether oxygens (including phenoxy) is 2. The third-order valence-electron chi connectivity index (χ3n) is 3.38. The van der Waals surface area contributed by atoms with Crippen LogP contribution in [0.25, 0.3) is 0 Å². The molecule has 120 valence electrons. The summed E-state index contributed by atoms with van der Waals surface area (Å²) in [7, 11) is 0. The van der Waals surface area contributed by atoms with Gasteiger partial charge in [-0.15, -0.1) is 11.6 Å². The molecule has 2 saturated heterocycles. The maximum atomic E-state index is 12.1. The lowest BCUT2D eigenvalue weighted by Crippen LogP contribution is -2.51. The molecular weight excluding hydrogens is 296 g/mol. The van der Waals surface area contributed by atoms with Gasteiger partial charge in [-0.3, -0.25) is 4.79 Å². The van der Waals surface area contributed by atoms with Crippen LogP contribution in [0.1, 0.15) is 27.2 Å². The molecule has 2 heterocycles. The molecule has 7 heteroatoms. The van der Waals surface area contributed by atoms with Crippen LogP contribution < -0.4 is 0 Å². The van der Waals surface area contributed by atoms with Gasteiger partial charge in [0.2, 0.25) is 5.91 Å². The van der Waals surface area contributed by atoms with Crippen LogP contribution in [0.5, 0.6) is 0 Å². The fourth-order valence-corrected chi connectivity index (χ4v) is 2.77. The molecular formula is C14H23ClN2O4. The number of likely N-dealkylation sites (tertiary alicyclic amines) is 1. The number of hydrogen-bond donors (Lipinski definition) is 0. The SMILES string of the molecule is CC(C)(C)OC(=O)N1CCO[C@H](CN2CC(Cl)CC2=O)C1. The topological polar surface area (TPSA) is 59.1 Å². The van der Waals surface area contributed by atoms with Gasteiger partial charge >= 0.3 is 6.09 Å². The Morgan fingerprint density at radius 2 is 2.14 bits per heavy atom. The molecule has 2 fully saturated rings. The average molecular weight is 319 g/mol. The predicted octanol–water partition coefficient (Wildman–Crippen LogP) is 1.46. The van der Waals surface area contributed by atoms with Gasteiger partial charge in [-0.1, -0.05) is 0 Å². The van der Waals surface area contributed by atoms with Crippen LogP contribution in [0, 0.1) is 0 Å². The Kier molecular flexibility index (Phi) is 4.99. The van der Waals surface area contributed by atoms with E-state index in [4.69, 9.17) is 21.1 Å². The van der Waals surface area contributed by atoms with Crippen molar-refractivity contribution in [1.82, 2.24) is 9.80 Å². The molecule has 21 heavy (non-hydrogen) atoms. The van der Waals surface area contributed by atoms with Gasteiger partial charge in [0.25, 0.3) is 0 Å². The molecule has 0 aromatic heterocycles. The highest BCUT2D eigenvalue weighted by atomic mass is 35.5. The summed E-state index contributed by atoms with van der Waals surface area (Å²) in [5.74, 6) is 0.0491. The quantitative estimate of drug-likeness (QED) is 0.723. The van der Waals surface area contributed by atoms with Gasteiger partial charge in [-0.05, 0) is 20.8 Å². The van der Waals surface area contributed by atoms with Gasteiger partial charge in [-0.25, -0.2) is 4.79 Å². The molecule has 1 unspecified atom stereocenters. The zero-order valence-corrected chi connectivity index (χ0v) is 13.6. The van der Waals surface area contributed by atoms with Crippen LogP contribution in [0.3, 0.4) is 0 Å². The maximum Gasteiger partial charge on any atom is 0.410 e. The molecule has 2 atom stereocenters. The summed E-state index contributed by atoms with van der Waals surface area (Å²) in [4.78, 5) is 27.1. The third kappa shape index (κ3) is 4.74. The van der Waals surface area contributed by atoms with Crippen molar-refractivity contribution in [2.45, 2.75) is 44.3 Å². The van der Waals surface area contributed by atoms with Crippen molar-refractivity contribution in [2.75, 3.05) is 32.8 Å². The Bertz CT molecular complexity index is 410. The van der Waals surface area contributed by atoms with Crippen LogP contribution in [-0.4, -0.2) is 71.7 Å². The number of hydrogen-bond acceptors (Lipinski definition) is 4. The first-order chi connectivity index (χ1) is 9.74. The molecule has 0 bridgehead atoms. The second kappa shape index (κ2) is 6.40. The van der Waals surface area contributed by atoms with Crippen molar-refractivity contribution in [2.24, 2.45) is 0 Å². The summed E-state index contributed by atoms with van der Waals surface area (Å²) in [6.07, 6.45) is -0.139. The molecule has 2 aliphatic rings. The van der Waals surface area contributed by atoms with E-state index in [1.165, 1.54) is 0 Å². The van der Waals surface area contributed by atoms with Gasteiger partial charge in [0, 0.05) is 26.1 Å². The molecule has 0 aromatic carbocycles. The summed E-state index contributed by atoms with van der Waals surface area (Å²) in [5.41, 5.74) is -0.512. The molecule has 2 amide bonds. The highest BCUT2D eigenvalue weighted by Gasteiger charge is 2.33. The summed E-state index contributed by atoms with van der Waals surface area (Å²) in [6, 6.07) is 0.